The highest BCUT2D eigenvalue weighted by Crippen LogP contribution is 2.28. The van der Waals surface area contributed by atoms with E-state index in [-0.39, 0.29) is 12.1 Å². The second-order valence-electron chi connectivity index (χ2n) is 5.54. The number of ether oxygens (including phenoxy) is 3. The predicted molar refractivity (Wildman–Crippen MR) is 94.2 cm³/mol. The minimum Gasteiger partial charge on any atom is -0.493 e. The summed E-state index contributed by atoms with van der Waals surface area (Å²) in [5, 5.41) is 2.33. The number of hydrogen-bond acceptors (Lipinski definition) is 5. The zero-order valence-corrected chi connectivity index (χ0v) is 15.1. The van der Waals surface area contributed by atoms with Crippen LogP contribution in [0.25, 0.3) is 0 Å². The van der Waals surface area contributed by atoms with Crippen LogP contribution in [-0.2, 0) is 16.0 Å². The van der Waals surface area contributed by atoms with Gasteiger partial charge in [0.15, 0.2) is 11.5 Å². The van der Waals surface area contributed by atoms with Gasteiger partial charge in [-0.25, -0.2) is 13.6 Å². The van der Waals surface area contributed by atoms with Crippen LogP contribution in [0.2, 0.25) is 0 Å². The molecule has 0 aromatic heterocycles. The number of carbonyl (C=O) groups excluding carboxylic acids is 2. The minimum atomic E-state index is -1.07. The minimum absolute atomic E-state index is 0.0415. The number of rotatable bonds is 7. The largest absolute Gasteiger partial charge is 0.493 e. The fraction of sp³-hybridized carbons (Fsp3) is 0.263. The highest BCUT2D eigenvalue weighted by molar-refractivity contribution is 5.95. The Hall–Kier alpha value is -3.16. The molecule has 2 rings (SSSR count). The first kappa shape index (κ1) is 20.2. The first-order valence-electron chi connectivity index (χ1n) is 7.97. The first-order valence-corrected chi connectivity index (χ1v) is 7.97. The van der Waals surface area contributed by atoms with Crippen molar-refractivity contribution in [2.45, 2.75) is 12.8 Å². The van der Waals surface area contributed by atoms with Crippen LogP contribution in [0, 0.1) is 11.6 Å². The highest BCUT2D eigenvalue weighted by atomic mass is 19.1. The number of methoxy groups -OCH3 is 3. The molecule has 0 heterocycles. The van der Waals surface area contributed by atoms with Gasteiger partial charge in [-0.15, -0.1) is 0 Å². The third kappa shape index (κ3) is 4.93. The average Bonchev–Trinajstić information content (AvgIpc) is 2.67. The van der Waals surface area contributed by atoms with Crippen LogP contribution in [0.5, 0.6) is 11.5 Å². The lowest BCUT2D eigenvalue weighted by molar-refractivity contribution is -0.116. The number of nitrogens with one attached hydrogen (secondary N) is 1. The van der Waals surface area contributed by atoms with Crippen LogP contribution >= 0.6 is 0 Å². The van der Waals surface area contributed by atoms with Gasteiger partial charge in [0.05, 0.1) is 32.6 Å². The van der Waals surface area contributed by atoms with Gasteiger partial charge < -0.3 is 19.5 Å². The van der Waals surface area contributed by atoms with Crippen molar-refractivity contribution in [2.24, 2.45) is 0 Å². The standard InChI is InChI=1S/C19H19F2NO5/c1-25-16-6-4-11(8-17(16)26-2)5-7-18(23)22-15-9-12(19(24)27-3)13(20)10-14(15)21/h4,6,8-10H,5,7H2,1-3H3,(H,22,23). The van der Waals surface area contributed by atoms with E-state index >= 15 is 0 Å². The third-order valence-electron chi connectivity index (χ3n) is 3.82. The molecular formula is C19H19F2NO5. The first-order chi connectivity index (χ1) is 12.9. The fourth-order valence-corrected chi connectivity index (χ4v) is 2.42. The summed E-state index contributed by atoms with van der Waals surface area (Å²) >= 11 is 0. The van der Waals surface area contributed by atoms with Gasteiger partial charge in [-0.2, -0.15) is 0 Å². The molecule has 144 valence electrons. The summed E-state index contributed by atoms with van der Waals surface area (Å²) in [6.07, 6.45) is 0.402. The zero-order chi connectivity index (χ0) is 20.0. The summed E-state index contributed by atoms with van der Waals surface area (Å²) < 4.78 is 42.3. The maximum Gasteiger partial charge on any atom is 0.340 e. The van der Waals surface area contributed by atoms with Crippen molar-refractivity contribution in [3.05, 3.63) is 53.1 Å². The van der Waals surface area contributed by atoms with E-state index < -0.39 is 29.1 Å². The molecule has 0 aliphatic carbocycles. The number of hydrogen-bond donors (Lipinski definition) is 1. The summed E-state index contributed by atoms with van der Waals surface area (Å²) in [7, 11) is 4.10. The van der Waals surface area contributed by atoms with Crippen LogP contribution < -0.4 is 14.8 Å². The molecule has 8 heteroatoms. The lowest BCUT2D eigenvalue weighted by atomic mass is 10.1. The molecule has 0 radical (unpaired) electrons. The van der Waals surface area contributed by atoms with E-state index in [1.165, 1.54) is 14.2 Å². The summed E-state index contributed by atoms with van der Waals surface area (Å²) in [4.78, 5) is 23.6. The lowest BCUT2D eigenvalue weighted by Gasteiger charge is -2.11. The maximum atomic E-state index is 13.9. The Balaban J connectivity index is 2.07. The van der Waals surface area contributed by atoms with Crippen LogP contribution in [0.1, 0.15) is 22.3 Å². The van der Waals surface area contributed by atoms with E-state index in [2.05, 4.69) is 10.1 Å². The van der Waals surface area contributed by atoms with Gasteiger partial charge in [0.1, 0.15) is 11.6 Å². The molecule has 2 aromatic carbocycles. The molecule has 0 fully saturated rings. The molecule has 0 spiro atoms. The van der Waals surface area contributed by atoms with Gasteiger partial charge in [-0.3, -0.25) is 4.79 Å². The Morgan fingerprint density at radius 1 is 0.963 bits per heavy atom. The molecule has 1 N–H and O–H groups in total. The molecule has 27 heavy (non-hydrogen) atoms. The van der Waals surface area contributed by atoms with Gasteiger partial charge in [0, 0.05) is 12.5 Å². The van der Waals surface area contributed by atoms with E-state index in [0.717, 1.165) is 18.7 Å². The Morgan fingerprint density at radius 3 is 2.30 bits per heavy atom. The number of esters is 1. The van der Waals surface area contributed by atoms with E-state index in [0.29, 0.717) is 24.0 Å². The second-order valence-corrected chi connectivity index (χ2v) is 5.54. The number of anilines is 1. The van der Waals surface area contributed by atoms with Gasteiger partial charge in [0.25, 0.3) is 0 Å². The highest BCUT2D eigenvalue weighted by Gasteiger charge is 2.18. The Labute approximate surface area is 155 Å². The molecule has 0 bridgehead atoms. The van der Waals surface area contributed by atoms with Crippen molar-refractivity contribution < 1.29 is 32.6 Å². The summed E-state index contributed by atoms with van der Waals surface area (Å²) in [5.41, 5.74) is 0.0563. The van der Waals surface area contributed by atoms with Gasteiger partial charge >= 0.3 is 5.97 Å². The monoisotopic (exact) mass is 379 g/mol. The number of carbonyl (C=O) groups is 2. The van der Waals surface area contributed by atoms with Gasteiger partial charge in [-0.1, -0.05) is 6.07 Å². The smallest absolute Gasteiger partial charge is 0.340 e. The Morgan fingerprint density at radius 2 is 1.67 bits per heavy atom. The van der Waals surface area contributed by atoms with Crippen molar-refractivity contribution in [3.8, 4) is 11.5 Å². The summed E-state index contributed by atoms with van der Waals surface area (Å²) in [6, 6.07) is 6.66. The van der Waals surface area contributed by atoms with Crippen molar-refractivity contribution in [1.29, 1.82) is 0 Å². The molecule has 0 aliphatic rings. The molecule has 0 unspecified atom stereocenters. The number of benzene rings is 2. The zero-order valence-electron chi connectivity index (χ0n) is 15.1. The van der Waals surface area contributed by atoms with Crippen LogP contribution in [-0.4, -0.2) is 33.2 Å². The van der Waals surface area contributed by atoms with Crippen LogP contribution in [0.4, 0.5) is 14.5 Å². The molecule has 0 atom stereocenters. The van der Waals surface area contributed by atoms with Crippen LogP contribution in [0.15, 0.2) is 30.3 Å². The molecular weight excluding hydrogens is 360 g/mol. The molecule has 0 aliphatic heterocycles. The SMILES string of the molecule is COC(=O)c1cc(NC(=O)CCc2ccc(OC)c(OC)c2)c(F)cc1F. The lowest BCUT2D eigenvalue weighted by Crippen LogP contribution is -2.15. The van der Waals surface area contributed by atoms with Crippen molar-refractivity contribution in [2.75, 3.05) is 26.6 Å². The maximum absolute atomic E-state index is 13.9. The molecule has 0 saturated heterocycles. The summed E-state index contributed by atoms with van der Waals surface area (Å²) in [5.74, 6) is -2.42. The topological polar surface area (TPSA) is 73.9 Å². The van der Waals surface area contributed by atoms with Gasteiger partial charge in [0.2, 0.25) is 5.91 Å². The van der Waals surface area contributed by atoms with Crippen molar-refractivity contribution in [3.63, 3.8) is 0 Å². The third-order valence-corrected chi connectivity index (χ3v) is 3.82. The Bertz CT molecular complexity index is 854. The Kier molecular flexibility index (Phi) is 6.70. The number of halogens is 2. The average molecular weight is 379 g/mol. The van der Waals surface area contributed by atoms with E-state index in [1.54, 1.807) is 18.2 Å². The number of aryl methyl sites for hydroxylation is 1. The molecule has 2 aromatic rings. The molecule has 6 nitrogen and oxygen atoms in total. The molecule has 1 amide bonds. The fourth-order valence-electron chi connectivity index (χ4n) is 2.42. The van der Waals surface area contributed by atoms with Crippen LogP contribution in [0.3, 0.4) is 0 Å². The normalized spacial score (nSPS) is 10.3. The second kappa shape index (κ2) is 8.98. The van der Waals surface area contributed by atoms with E-state index in [9.17, 15) is 18.4 Å². The van der Waals surface area contributed by atoms with E-state index in [4.69, 9.17) is 9.47 Å². The molecule has 0 saturated carbocycles. The quantitative estimate of drug-likeness (QED) is 0.747. The van der Waals surface area contributed by atoms with E-state index in [1.807, 2.05) is 0 Å². The van der Waals surface area contributed by atoms with Gasteiger partial charge in [-0.05, 0) is 30.2 Å². The summed E-state index contributed by atoms with van der Waals surface area (Å²) in [6.45, 7) is 0. The van der Waals surface area contributed by atoms with Crippen molar-refractivity contribution in [1.82, 2.24) is 0 Å². The number of amides is 1. The predicted octanol–water partition coefficient (Wildman–Crippen LogP) is 3.34. The van der Waals surface area contributed by atoms with Crippen molar-refractivity contribution >= 4 is 17.6 Å².